The number of hydrogen-bond donors (Lipinski definition) is 2. The maximum Gasteiger partial charge on any atom is 0.227 e. The zero-order valence-corrected chi connectivity index (χ0v) is 13.7. The molecule has 2 heterocycles. The first-order chi connectivity index (χ1) is 11.6. The Morgan fingerprint density at radius 3 is 2.67 bits per heavy atom. The number of carbonyl (C=O) groups is 2. The Labute approximate surface area is 141 Å². The van der Waals surface area contributed by atoms with Crippen LogP contribution in [0.1, 0.15) is 19.3 Å². The number of aliphatic hydroxyl groups excluding tert-OH is 1. The van der Waals surface area contributed by atoms with Crippen LogP contribution >= 0.6 is 0 Å². The molecule has 2 aliphatic rings. The van der Waals surface area contributed by atoms with Gasteiger partial charge in [-0.05, 0) is 25.0 Å². The van der Waals surface area contributed by atoms with Gasteiger partial charge in [-0.3, -0.25) is 9.59 Å². The fourth-order valence-corrected chi connectivity index (χ4v) is 3.35. The monoisotopic (exact) mass is 332 g/mol. The molecule has 2 fully saturated rings. The molecule has 2 saturated heterocycles. The normalized spacial score (nSPS) is 23.3. The number of hydrogen-bond acceptors (Lipinski definition) is 4. The largest absolute Gasteiger partial charge is 0.396 e. The molecule has 1 aromatic rings. The van der Waals surface area contributed by atoms with Crippen LogP contribution in [0, 0.1) is 11.3 Å². The quantitative estimate of drug-likeness (QED) is 0.841. The van der Waals surface area contributed by atoms with Crippen LogP contribution in [0.25, 0.3) is 0 Å². The highest BCUT2D eigenvalue weighted by molar-refractivity contribution is 6.00. The second-order valence-electron chi connectivity index (χ2n) is 6.73. The van der Waals surface area contributed by atoms with Gasteiger partial charge in [-0.15, -0.1) is 0 Å². The predicted octanol–water partition coefficient (Wildman–Crippen LogP) is 0.945. The molecule has 1 unspecified atom stereocenters. The number of amides is 2. The maximum atomic E-state index is 12.5. The van der Waals surface area contributed by atoms with E-state index in [9.17, 15) is 14.7 Å². The van der Waals surface area contributed by atoms with Gasteiger partial charge in [0.05, 0.1) is 12.5 Å². The summed E-state index contributed by atoms with van der Waals surface area (Å²) in [4.78, 5) is 26.3. The van der Waals surface area contributed by atoms with E-state index < -0.39 is 0 Å². The summed E-state index contributed by atoms with van der Waals surface area (Å²) in [5.41, 5.74) is 0.532. The number of benzene rings is 1. The first kappa shape index (κ1) is 16.9. The van der Waals surface area contributed by atoms with E-state index in [1.54, 1.807) is 4.90 Å². The number of anilines is 1. The van der Waals surface area contributed by atoms with Crippen molar-refractivity contribution in [3.05, 3.63) is 30.3 Å². The third-order valence-corrected chi connectivity index (χ3v) is 5.09. The van der Waals surface area contributed by atoms with E-state index in [-0.39, 0.29) is 36.2 Å². The number of aliphatic hydroxyl groups is 1. The number of nitrogens with zero attached hydrogens (tertiary/aromatic N) is 1. The number of rotatable bonds is 5. The minimum atomic E-state index is -0.340. The predicted molar refractivity (Wildman–Crippen MR) is 89.5 cm³/mol. The van der Waals surface area contributed by atoms with Gasteiger partial charge in [-0.2, -0.15) is 0 Å². The fraction of sp³-hybridized carbons (Fsp3) is 0.556. The average Bonchev–Trinajstić information content (AvgIpc) is 3.03. The minimum Gasteiger partial charge on any atom is -0.396 e. The van der Waals surface area contributed by atoms with Gasteiger partial charge in [0, 0.05) is 43.8 Å². The van der Waals surface area contributed by atoms with Crippen molar-refractivity contribution in [1.82, 2.24) is 5.32 Å². The number of ether oxygens (including phenoxy) is 1. The molecule has 2 aliphatic heterocycles. The van der Waals surface area contributed by atoms with Crippen LogP contribution in [0.4, 0.5) is 5.69 Å². The molecule has 0 aromatic heterocycles. The molecule has 130 valence electrons. The highest BCUT2D eigenvalue weighted by Gasteiger charge is 2.37. The van der Waals surface area contributed by atoms with Crippen molar-refractivity contribution in [3.8, 4) is 0 Å². The van der Waals surface area contributed by atoms with E-state index in [1.165, 1.54) is 0 Å². The molecule has 6 heteroatoms. The SMILES string of the molecule is O=C(NCC1(CO)CCOCC1)C1CC(=O)N(c2ccccc2)C1. The molecular formula is C18H24N2O4. The van der Waals surface area contributed by atoms with Gasteiger partial charge in [-0.25, -0.2) is 0 Å². The van der Waals surface area contributed by atoms with Crippen molar-refractivity contribution in [3.63, 3.8) is 0 Å². The zero-order chi connectivity index (χ0) is 17.0. The Bertz CT molecular complexity index is 584. The summed E-state index contributed by atoms with van der Waals surface area (Å²) in [5, 5.41) is 12.6. The van der Waals surface area contributed by atoms with Crippen LogP contribution in [0.5, 0.6) is 0 Å². The standard InChI is InChI=1S/C18H24N2O4/c21-13-18(6-8-24-9-7-18)12-19-17(23)14-10-16(22)20(11-14)15-4-2-1-3-5-15/h1-5,14,21H,6-13H2,(H,19,23). The van der Waals surface area contributed by atoms with Crippen LogP contribution in [0.3, 0.4) is 0 Å². The molecule has 0 saturated carbocycles. The Kier molecular flexibility index (Phi) is 5.16. The van der Waals surface area contributed by atoms with Gasteiger partial charge in [0.2, 0.25) is 11.8 Å². The van der Waals surface area contributed by atoms with Crippen molar-refractivity contribution >= 4 is 17.5 Å². The van der Waals surface area contributed by atoms with Crippen LogP contribution in [0.2, 0.25) is 0 Å². The summed E-state index contributed by atoms with van der Waals surface area (Å²) in [6.45, 7) is 2.10. The topological polar surface area (TPSA) is 78.9 Å². The molecular weight excluding hydrogens is 308 g/mol. The lowest BCUT2D eigenvalue weighted by molar-refractivity contribution is -0.127. The lowest BCUT2D eigenvalue weighted by Gasteiger charge is -2.35. The minimum absolute atomic E-state index is 0.0238. The van der Waals surface area contributed by atoms with E-state index in [4.69, 9.17) is 4.74 Å². The summed E-state index contributed by atoms with van der Waals surface area (Å²) < 4.78 is 5.34. The zero-order valence-electron chi connectivity index (χ0n) is 13.7. The van der Waals surface area contributed by atoms with Crippen LogP contribution in [0.15, 0.2) is 30.3 Å². The Hall–Kier alpha value is -1.92. The summed E-state index contributed by atoms with van der Waals surface area (Å²) >= 11 is 0. The molecule has 0 spiro atoms. The number of carbonyl (C=O) groups excluding carboxylic acids is 2. The Morgan fingerprint density at radius 1 is 1.29 bits per heavy atom. The van der Waals surface area contributed by atoms with Gasteiger partial charge in [-0.1, -0.05) is 18.2 Å². The van der Waals surface area contributed by atoms with E-state index in [0.29, 0.717) is 26.3 Å². The van der Waals surface area contributed by atoms with Crippen molar-refractivity contribution in [2.24, 2.45) is 11.3 Å². The molecule has 0 radical (unpaired) electrons. The summed E-state index contributed by atoms with van der Waals surface area (Å²) in [6, 6.07) is 9.41. The third-order valence-electron chi connectivity index (χ3n) is 5.09. The number of nitrogens with one attached hydrogen (secondary N) is 1. The van der Waals surface area contributed by atoms with Crippen LogP contribution < -0.4 is 10.2 Å². The molecule has 2 N–H and O–H groups in total. The van der Waals surface area contributed by atoms with Gasteiger partial charge < -0.3 is 20.1 Å². The van der Waals surface area contributed by atoms with Gasteiger partial charge in [0.25, 0.3) is 0 Å². The van der Waals surface area contributed by atoms with E-state index in [0.717, 1.165) is 18.5 Å². The molecule has 0 bridgehead atoms. The summed E-state index contributed by atoms with van der Waals surface area (Å²) in [7, 11) is 0. The lowest BCUT2D eigenvalue weighted by Crippen LogP contribution is -2.45. The molecule has 0 aliphatic carbocycles. The summed E-state index contributed by atoms with van der Waals surface area (Å²) in [5.74, 6) is -0.473. The molecule has 2 amide bonds. The molecule has 3 rings (SSSR count). The molecule has 24 heavy (non-hydrogen) atoms. The molecule has 1 aromatic carbocycles. The Morgan fingerprint density at radius 2 is 2.00 bits per heavy atom. The second kappa shape index (κ2) is 7.32. The first-order valence-corrected chi connectivity index (χ1v) is 8.45. The van der Waals surface area contributed by atoms with Crippen molar-refractivity contribution in [1.29, 1.82) is 0 Å². The van der Waals surface area contributed by atoms with Crippen molar-refractivity contribution in [2.75, 3.05) is 37.8 Å². The van der Waals surface area contributed by atoms with Crippen molar-refractivity contribution < 1.29 is 19.4 Å². The van der Waals surface area contributed by atoms with E-state index >= 15 is 0 Å². The number of para-hydroxylation sites is 1. The van der Waals surface area contributed by atoms with Gasteiger partial charge in [0.1, 0.15) is 0 Å². The average molecular weight is 332 g/mol. The van der Waals surface area contributed by atoms with Crippen LogP contribution in [-0.4, -0.2) is 49.8 Å². The molecule has 6 nitrogen and oxygen atoms in total. The fourth-order valence-electron chi connectivity index (χ4n) is 3.35. The summed E-state index contributed by atoms with van der Waals surface area (Å²) in [6.07, 6.45) is 1.71. The Balaban J connectivity index is 1.57. The second-order valence-corrected chi connectivity index (χ2v) is 6.73. The van der Waals surface area contributed by atoms with Gasteiger partial charge >= 0.3 is 0 Å². The molecule has 1 atom stereocenters. The van der Waals surface area contributed by atoms with Crippen molar-refractivity contribution in [2.45, 2.75) is 19.3 Å². The van der Waals surface area contributed by atoms with E-state index in [2.05, 4.69) is 5.32 Å². The van der Waals surface area contributed by atoms with E-state index in [1.807, 2.05) is 30.3 Å². The lowest BCUT2D eigenvalue weighted by atomic mass is 9.81. The first-order valence-electron chi connectivity index (χ1n) is 8.45. The smallest absolute Gasteiger partial charge is 0.227 e. The van der Waals surface area contributed by atoms with Gasteiger partial charge in [0.15, 0.2) is 0 Å². The van der Waals surface area contributed by atoms with Crippen LogP contribution in [-0.2, 0) is 14.3 Å². The highest BCUT2D eigenvalue weighted by atomic mass is 16.5. The third kappa shape index (κ3) is 3.60. The maximum absolute atomic E-state index is 12.5. The highest BCUT2D eigenvalue weighted by Crippen LogP contribution is 2.30.